The summed E-state index contributed by atoms with van der Waals surface area (Å²) in [5, 5.41) is 9.02. The standard InChI is InChI=1S/C14H30O5S.Na/c1-2-3-4-5-6-7-8-9-11-19-14(13-15)10-12-20(16,17)18;/h14-15H,2-13H2,1H3,(H,16,17,18);/q;+1/p-1. The molecular formula is C14H29NaO5S. The predicted molar refractivity (Wildman–Crippen MR) is 78.6 cm³/mol. The summed E-state index contributed by atoms with van der Waals surface area (Å²) in [6.45, 7) is 2.47. The van der Waals surface area contributed by atoms with Gasteiger partial charge in [-0.3, -0.25) is 0 Å². The van der Waals surface area contributed by atoms with Crippen LogP contribution in [-0.2, 0) is 14.9 Å². The molecule has 0 spiro atoms. The molecule has 1 unspecified atom stereocenters. The van der Waals surface area contributed by atoms with Crippen LogP contribution in [0.1, 0.15) is 64.7 Å². The first kappa shape index (κ1) is 24.1. The molecule has 0 bridgehead atoms. The summed E-state index contributed by atoms with van der Waals surface area (Å²) in [5.41, 5.74) is 0. The van der Waals surface area contributed by atoms with E-state index in [2.05, 4.69) is 6.92 Å². The molecule has 0 aromatic rings. The van der Waals surface area contributed by atoms with Crippen LogP contribution < -0.4 is 29.6 Å². The fourth-order valence-corrected chi connectivity index (χ4v) is 2.54. The van der Waals surface area contributed by atoms with Gasteiger partial charge < -0.3 is 14.4 Å². The van der Waals surface area contributed by atoms with Gasteiger partial charge in [-0.15, -0.1) is 0 Å². The molecule has 7 heteroatoms. The number of aliphatic hydroxyl groups excluding tert-OH is 1. The Kier molecular flexibility index (Phi) is 18.0. The summed E-state index contributed by atoms with van der Waals surface area (Å²) in [6.07, 6.45) is 9.13. The molecule has 0 aromatic heterocycles. The van der Waals surface area contributed by atoms with Crippen molar-refractivity contribution in [1.29, 1.82) is 0 Å². The molecule has 0 fully saturated rings. The maximum absolute atomic E-state index is 10.5. The topological polar surface area (TPSA) is 86.7 Å². The zero-order valence-corrected chi connectivity index (χ0v) is 16.4. The van der Waals surface area contributed by atoms with Crippen molar-refractivity contribution in [2.24, 2.45) is 0 Å². The molecule has 1 N–H and O–H groups in total. The van der Waals surface area contributed by atoms with E-state index in [4.69, 9.17) is 9.84 Å². The summed E-state index contributed by atoms with van der Waals surface area (Å²) in [5.74, 6) is -0.477. The van der Waals surface area contributed by atoms with Crippen LogP contribution in [0.4, 0.5) is 0 Å². The number of hydrogen-bond acceptors (Lipinski definition) is 5. The Morgan fingerprint density at radius 2 is 1.57 bits per heavy atom. The van der Waals surface area contributed by atoms with E-state index in [1.54, 1.807) is 0 Å². The van der Waals surface area contributed by atoms with E-state index in [1.807, 2.05) is 0 Å². The van der Waals surface area contributed by atoms with E-state index in [1.165, 1.54) is 38.5 Å². The molecule has 21 heavy (non-hydrogen) atoms. The monoisotopic (exact) mass is 332 g/mol. The third-order valence-corrected chi connectivity index (χ3v) is 3.98. The quantitative estimate of drug-likeness (QED) is 0.262. The molecular weight excluding hydrogens is 303 g/mol. The largest absolute Gasteiger partial charge is 1.00 e. The van der Waals surface area contributed by atoms with E-state index >= 15 is 0 Å². The second-order valence-electron chi connectivity index (χ2n) is 5.20. The third kappa shape index (κ3) is 18.8. The van der Waals surface area contributed by atoms with Crippen molar-refractivity contribution in [3.8, 4) is 0 Å². The van der Waals surface area contributed by atoms with Crippen LogP contribution in [-0.4, -0.2) is 43.1 Å². The summed E-state index contributed by atoms with van der Waals surface area (Å²) in [6, 6.07) is 0. The van der Waals surface area contributed by atoms with Gasteiger partial charge in [0.25, 0.3) is 0 Å². The van der Waals surface area contributed by atoms with Gasteiger partial charge in [-0.2, -0.15) is 0 Å². The number of rotatable bonds is 14. The first-order valence-corrected chi connectivity index (χ1v) is 9.23. The SMILES string of the molecule is CCCCCCCCCCOC(CO)CCS(=O)(=O)[O-].[Na+]. The van der Waals surface area contributed by atoms with Crippen LogP contribution >= 0.6 is 0 Å². The Labute approximate surface area is 151 Å². The normalized spacial score (nSPS) is 12.9. The second kappa shape index (κ2) is 15.7. The Morgan fingerprint density at radius 1 is 1.05 bits per heavy atom. The number of aliphatic hydroxyl groups is 1. The van der Waals surface area contributed by atoms with Crippen LogP contribution in [0, 0.1) is 0 Å². The minimum absolute atomic E-state index is 0. The average Bonchev–Trinajstić information content (AvgIpc) is 2.39. The molecule has 0 aliphatic carbocycles. The van der Waals surface area contributed by atoms with Crippen LogP contribution in [0.25, 0.3) is 0 Å². The van der Waals surface area contributed by atoms with Crippen LogP contribution in [0.15, 0.2) is 0 Å². The number of unbranched alkanes of at least 4 members (excludes halogenated alkanes) is 7. The average molecular weight is 332 g/mol. The van der Waals surface area contributed by atoms with Gasteiger partial charge in [0, 0.05) is 12.4 Å². The maximum Gasteiger partial charge on any atom is 1.00 e. The zero-order chi connectivity index (χ0) is 15.3. The zero-order valence-electron chi connectivity index (χ0n) is 13.6. The van der Waals surface area contributed by atoms with Gasteiger partial charge in [0.15, 0.2) is 0 Å². The molecule has 122 valence electrons. The molecule has 5 nitrogen and oxygen atoms in total. The van der Waals surface area contributed by atoms with Gasteiger partial charge in [0.1, 0.15) is 0 Å². The van der Waals surface area contributed by atoms with Gasteiger partial charge >= 0.3 is 29.6 Å². The van der Waals surface area contributed by atoms with Crippen LogP contribution in [0.3, 0.4) is 0 Å². The first-order valence-electron chi connectivity index (χ1n) is 7.65. The molecule has 0 saturated heterocycles. The summed E-state index contributed by atoms with van der Waals surface area (Å²) in [7, 11) is -4.22. The van der Waals surface area contributed by atoms with E-state index < -0.39 is 22.0 Å². The molecule has 0 radical (unpaired) electrons. The fraction of sp³-hybridized carbons (Fsp3) is 1.00. The number of hydrogen-bond donors (Lipinski definition) is 1. The minimum atomic E-state index is -4.22. The Morgan fingerprint density at radius 3 is 2.05 bits per heavy atom. The third-order valence-electron chi connectivity index (χ3n) is 3.24. The molecule has 0 aliphatic rings. The van der Waals surface area contributed by atoms with Gasteiger partial charge in [-0.05, 0) is 12.8 Å². The summed E-state index contributed by atoms with van der Waals surface area (Å²) in [4.78, 5) is 0. The minimum Gasteiger partial charge on any atom is -0.748 e. The molecule has 0 rings (SSSR count). The van der Waals surface area contributed by atoms with Crippen molar-refractivity contribution in [1.82, 2.24) is 0 Å². The smallest absolute Gasteiger partial charge is 0.748 e. The van der Waals surface area contributed by atoms with Crippen molar-refractivity contribution < 1.29 is 52.4 Å². The summed E-state index contributed by atoms with van der Waals surface area (Å²) >= 11 is 0. The Hall–Kier alpha value is 0.830. The first-order chi connectivity index (χ1) is 9.49. The molecule has 0 amide bonds. The Balaban J connectivity index is 0. The predicted octanol–water partition coefficient (Wildman–Crippen LogP) is -0.556. The fourth-order valence-electron chi connectivity index (χ4n) is 1.99. The summed E-state index contributed by atoms with van der Waals surface area (Å²) < 4.78 is 36.8. The van der Waals surface area contributed by atoms with Crippen molar-refractivity contribution in [3.63, 3.8) is 0 Å². The molecule has 0 aromatic carbocycles. The van der Waals surface area contributed by atoms with E-state index in [9.17, 15) is 13.0 Å². The second-order valence-corrected chi connectivity index (χ2v) is 6.72. The van der Waals surface area contributed by atoms with E-state index in [-0.39, 0.29) is 42.6 Å². The van der Waals surface area contributed by atoms with Gasteiger partial charge in [0.05, 0.1) is 22.8 Å². The van der Waals surface area contributed by atoms with Crippen molar-refractivity contribution >= 4 is 10.1 Å². The van der Waals surface area contributed by atoms with Crippen molar-refractivity contribution in [2.45, 2.75) is 70.8 Å². The van der Waals surface area contributed by atoms with E-state index in [0.717, 1.165) is 12.8 Å². The number of ether oxygens (including phenoxy) is 1. The van der Waals surface area contributed by atoms with Crippen LogP contribution in [0.2, 0.25) is 0 Å². The van der Waals surface area contributed by atoms with Crippen LogP contribution in [0.5, 0.6) is 0 Å². The molecule has 0 aliphatic heterocycles. The molecule has 0 heterocycles. The van der Waals surface area contributed by atoms with Gasteiger partial charge in [-0.1, -0.05) is 51.9 Å². The van der Waals surface area contributed by atoms with Gasteiger partial charge in [0.2, 0.25) is 0 Å². The molecule has 1 atom stereocenters. The Bertz CT molecular complexity index is 308. The van der Waals surface area contributed by atoms with Gasteiger partial charge in [-0.25, -0.2) is 8.42 Å². The van der Waals surface area contributed by atoms with E-state index in [0.29, 0.717) is 6.61 Å². The van der Waals surface area contributed by atoms with Crippen molar-refractivity contribution in [3.05, 3.63) is 0 Å². The molecule has 0 saturated carbocycles. The maximum atomic E-state index is 10.5. The van der Waals surface area contributed by atoms with Crippen molar-refractivity contribution in [2.75, 3.05) is 19.0 Å².